The molecule has 0 amide bonds. The van der Waals surface area contributed by atoms with Crippen LogP contribution in [0.25, 0.3) is 0 Å². The second-order valence-corrected chi connectivity index (χ2v) is 4.00. The van der Waals surface area contributed by atoms with E-state index in [0.717, 1.165) is 0 Å². The number of carbonyl (C=O) groups is 4. The Morgan fingerprint density at radius 3 is 1.24 bits per heavy atom. The summed E-state index contributed by atoms with van der Waals surface area (Å²) in [5.74, 6) is -2.33. The van der Waals surface area contributed by atoms with Gasteiger partial charge >= 0.3 is 23.9 Å². The number of aliphatic carboxylic acids is 2. The normalized spacial score (nSPS) is 9.05. The molecular formula is C13H22O8. The van der Waals surface area contributed by atoms with Gasteiger partial charge in [-0.3, -0.25) is 19.2 Å². The minimum atomic E-state index is -0.870. The van der Waals surface area contributed by atoms with Crippen LogP contribution in [0, 0.1) is 0 Å². The Kier molecular flexibility index (Phi) is 14.4. The topological polar surface area (TPSA) is 127 Å². The molecule has 0 aromatic carbocycles. The van der Waals surface area contributed by atoms with Crippen molar-refractivity contribution >= 4 is 23.9 Å². The largest absolute Gasteiger partial charge is 0.481 e. The van der Waals surface area contributed by atoms with Crippen LogP contribution in [0.15, 0.2) is 0 Å². The van der Waals surface area contributed by atoms with Crippen molar-refractivity contribution in [3.8, 4) is 0 Å². The Hall–Kier alpha value is -2.12. The number of carboxylic acids is 2. The van der Waals surface area contributed by atoms with Gasteiger partial charge < -0.3 is 19.7 Å². The van der Waals surface area contributed by atoms with Crippen molar-refractivity contribution in [2.24, 2.45) is 0 Å². The molecule has 0 saturated carbocycles. The highest BCUT2D eigenvalue weighted by Crippen LogP contribution is 1.99. The van der Waals surface area contributed by atoms with Crippen LogP contribution in [-0.4, -0.2) is 48.3 Å². The summed E-state index contributed by atoms with van der Waals surface area (Å²) in [7, 11) is 2.64. The smallest absolute Gasteiger partial charge is 0.305 e. The van der Waals surface area contributed by atoms with Crippen molar-refractivity contribution in [3.05, 3.63) is 0 Å². The van der Waals surface area contributed by atoms with E-state index in [2.05, 4.69) is 9.47 Å². The number of hydrogen-bond acceptors (Lipinski definition) is 6. The summed E-state index contributed by atoms with van der Waals surface area (Å²) in [5, 5.41) is 16.3. The predicted molar refractivity (Wildman–Crippen MR) is 71.6 cm³/mol. The fraction of sp³-hybridized carbons (Fsp3) is 0.692. The predicted octanol–water partition coefficient (Wildman–Crippen LogP) is 1.22. The van der Waals surface area contributed by atoms with Crippen LogP contribution in [-0.2, 0) is 28.7 Å². The van der Waals surface area contributed by atoms with Gasteiger partial charge in [0.25, 0.3) is 0 Å². The molecule has 8 heteroatoms. The average Bonchev–Trinajstić information content (AvgIpc) is 2.43. The summed E-state index contributed by atoms with van der Waals surface area (Å²) in [6, 6.07) is 0. The van der Waals surface area contributed by atoms with Crippen molar-refractivity contribution in [2.45, 2.75) is 44.9 Å². The average molecular weight is 306 g/mol. The molecule has 0 heterocycles. The summed E-state index contributed by atoms with van der Waals surface area (Å²) < 4.78 is 8.75. The zero-order valence-electron chi connectivity index (χ0n) is 12.3. The van der Waals surface area contributed by atoms with Crippen LogP contribution < -0.4 is 0 Å². The summed E-state index contributed by atoms with van der Waals surface area (Å²) >= 11 is 0. The summed E-state index contributed by atoms with van der Waals surface area (Å²) in [6.45, 7) is 0. The van der Waals surface area contributed by atoms with Gasteiger partial charge in [0.2, 0.25) is 0 Å². The van der Waals surface area contributed by atoms with Gasteiger partial charge in [0.1, 0.15) is 0 Å². The molecule has 0 aromatic rings. The third-order valence-corrected chi connectivity index (χ3v) is 2.25. The molecule has 0 fully saturated rings. The second kappa shape index (κ2) is 14.3. The molecule has 0 aliphatic rings. The van der Waals surface area contributed by atoms with Gasteiger partial charge in [-0.1, -0.05) is 0 Å². The first-order valence-electron chi connectivity index (χ1n) is 6.40. The number of esters is 2. The maximum absolute atomic E-state index is 10.5. The summed E-state index contributed by atoms with van der Waals surface area (Å²) in [6.07, 6.45) is 2.04. The lowest BCUT2D eigenvalue weighted by Gasteiger charge is -1.97. The van der Waals surface area contributed by atoms with Crippen LogP contribution in [0.2, 0.25) is 0 Å². The molecule has 0 aliphatic carbocycles. The third kappa shape index (κ3) is 20.4. The van der Waals surface area contributed by atoms with E-state index in [1.54, 1.807) is 0 Å². The van der Waals surface area contributed by atoms with E-state index in [0.29, 0.717) is 19.3 Å². The highest BCUT2D eigenvalue weighted by molar-refractivity contribution is 5.72. The monoisotopic (exact) mass is 306 g/mol. The van der Waals surface area contributed by atoms with Crippen LogP contribution >= 0.6 is 0 Å². The molecule has 8 nitrogen and oxygen atoms in total. The number of rotatable bonds is 9. The molecule has 0 saturated heterocycles. The summed E-state index contributed by atoms with van der Waals surface area (Å²) in [5.41, 5.74) is 0. The second-order valence-electron chi connectivity index (χ2n) is 4.00. The molecule has 21 heavy (non-hydrogen) atoms. The van der Waals surface area contributed by atoms with Crippen molar-refractivity contribution in [1.29, 1.82) is 0 Å². The van der Waals surface area contributed by atoms with Gasteiger partial charge in [0.05, 0.1) is 14.2 Å². The number of methoxy groups -OCH3 is 2. The standard InChI is InChI=1S/C7H12O4.C6H10O4/c1-10-6(8)4-3-5-7(9)11-2;7-5(8)3-1-2-4-6(9)10/h3-5H2,1-2H3;1-4H2,(H,7,8)(H,9,10). The fourth-order valence-corrected chi connectivity index (χ4v) is 1.13. The zero-order valence-corrected chi connectivity index (χ0v) is 12.3. The highest BCUT2D eigenvalue weighted by Gasteiger charge is 2.03. The lowest BCUT2D eigenvalue weighted by molar-refractivity contribution is -0.142. The van der Waals surface area contributed by atoms with Gasteiger partial charge in [0, 0.05) is 25.7 Å². The van der Waals surface area contributed by atoms with Crippen molar-refractivity contribution in [1.82, 2.24) is 0 Å². The number of ether oxygens (including phenoxy) is 2. The Balaban J connectivity index is 0. The van der Waals surface area contributed by atoms with E-state index in [9.17, 15) is 19.2 Å². The Morgan fingerprint density at radius 2 is 1.00 bits per heavy atom. The number of carbonyl (C=O) groups excluding carboxylic acids is 2. The molecule has 122 valence electrons. The van der Waals surface area contributed by atoms with Crippen LogP contribution in [0.1, 0.15) is 44.9 Å². The van der Waals surface area contributed by atoms with Gasteiger partial charge in [0.15, 0.2) is 0 Å². The molecule has 0 radical (unpaired) electrons. The molecule has 0 bridgehead atoms. The zero-order chi connectivity index (χ0) is 16.7. The van der Waals surface area contributed by atoms with Crippen molar-refractivity contribution in [3.63, 3.8) is 0 Å². The lowest BCUT2D eigenvalue weighted by Crippen LogP contribution is -2.04. The first-order chi connectivity index (χ1) is 9.83. The molecule has 2 N–H and O–H groups in total. The quantitative estimate of drug-likeness (QED) is 0.480. The third-order valence-electron chi connectivity index (χ3n) is 2.25. The van der Waals surface area contributed by atoms with Crippen LogP contribution in [0.3, 0.4) is 0 Å². The number of carboxylic acid groups (broad SMARTS) is 2. The Morgan fingerprint density at radius 1 is 0.667 bits per heavy atom. The first-order valence-corrected chi connectivity index (χ1v) is 6.40. The van der Waals surface area contributed by atoms with Crippen LogP contribution in [0.4, 0.5) is 0 Å². The van der Waals surface area contributed by atoms with E-state index in [1.807, 2.05) is 0 Å². The van der Waals surface area contributed by atoms with Gasteiger partial charge in [-0.15, -0.1) is 0 Å². The molecule has 0 spiro atoms. The molecule has 0 aromatic heterocycles. The maximum Gasteiger partial charge on any atom is 0.305 e. The molecule has 0 aliphatic heterocycles. The number of hydrogen-bond donors (Lipinski definition) is 2. The summed E-state index contributed by atoms with van der Waals surface area (Å²) in [4.78, 5) is 40.8. The van der Waals surface area contributed by atoms with Crippen molar-refractivity contribution < 1.29 is 38.9 Å². The van der Waals surface area contributed by atoms with E-state index in [-0.39, 0.29) is 37.6 Å². The van der Waals surface area contributed by atoms with E-state index in [1.165, 1.54) is 14.2 Å². The van der Waals surface area contributed by atoms with Gasteiger partial charge in [-0.2, -0.15) is 0 Å². The minimum absolute atomic E-state index is 0.0628. The van der Waals surface area contributed by atoms with Gasteiger partial charge in [-0.05, 0) is 19.3 Å². The van der Waals surface area contributed by atoms with E-state index in [4.69, 9.17) is 10.2 Å². The van der Waals surface area contributed by atoms with Crippen molar-refractivity contribution in [2.75, 3.05) is 14.2 Å². The highest BCUT2D eigenvalue weighted by atomic mass is 16.5. The minimum Gasteiger partial charge on any atom is -0.481 e. The first kappa shape index (κ1) is 21.2. The number of unbranched alkanes of at least 4 members (excludes halogenated alkanes) is 1. The fourth-order valence-electron chi connectivity index (χ4n) is 1.13. The molecular weight excluding hydrogens is 284 g/mol. The molecule has 0 atom stereocenters. The molecule has 0 rings (SSSR count). The van der Waals surface area contributed by atoms with E-state index >= 15 is 0 Å². The van der Waals surface area contributed by atoms with Crippen LogP contribution in [0.5, 0.6) is 0 Å². The maximum atomic E-state index is 10.5. The molecule has 0 unspecified atom stereocenters. The lowest BCUT2D eigenvalue weighted by atomic mass is 10.2. The Bertz CT molecular complexity index is 305. The SMILES string of the molecule is COC(=O)CCCC(=O)OC.O=C(O)CCCCC(=O)O. The van der Waals surface area contributed by atoms with E-state index < -0.39 is 11.9 Å². The Labute approximate surface area is 123 Å². The van der Waals surface area contributed by atoms with Gasteiger partial charge in [-0.25, -0.2) is 0 Å².